The van der Waals surface area contributed by atoms with Gasteiger partial charge < -0.3 is 14.2 Å². The van der Waals surface area contributed by atoms with Crippen molar-refractivity contribution >= 4 is 5.91 Å². The molecule has 1 saturated heterocycles. The quantitative estimate of drug-likeness (QED) is 0.811. The molecule has 1 fully saturated rings. The van der Waals surface area contributed by atoms with Gasteiger partial charge >= 0.3 is 0 Å². The smallest absolute Gasteiger partial charge is 0.223 e. The van der Waals surface area contributed by atoms with Gasteiger partial charge in [-0.15, -0.1) is 0 Å². The van der Waals surface area contributed by atoms with Gasteiger partial charge in [-0.05, 0) is 25.0 Å². The van der Waals surface area contributed by atoms with Gasteiger partial charge in [-0.2, -0.15) is 0 Å². The first kappa shape index (κ1) is 16.6. The Balaban J connectivity index is 1.55. The van der Waals surface area contributed by atoms with Crippen molar-refractivity contribution in [1.82, 2.24) is 15.0 Å². The van der Waals surface area contributed by atoms with Crippen molar-refractivity contribution in [2.45, 2.75) is 32.3 Å². The lowest BCUT2D eigenvalue weighted by molar-refractivity contribution is -0.130. The van der Waals surface area contributed by atoms with Crippen molar-refractivity contribution in [2.75, 3.05) is 20.2 Å². The summed E-state index contributed by atoms with van der Waals surface area (Å²) in [6.45, 7) is 3.24. The van der Waals surface area contributed by atoms with Crippen molar-refractivity contribution in [3.05, 3.63) is 47.6 Å². The summed E-state index contributed by atoms with van der Waals surface area (Å²) in [4.78, 5) is 18.5. The molecule has 0 spiro atoms. The van der Waals surface area contributed by atoms with E-state index >= 15 is 0 Å². The number of pyridine rings is 1. The van der Waals surface area contributed by atoms with Crippen molar-refractivity contribution in [1.29, 1.82) is 0 Å². The van der Waals surface area contributed by atoms with Crippen molar-refractivity contribution in [3.8, 4) is 0 Å². The molecule has 3 heterocycles. The van der Waals surface area contributed by atoms with Crippen LogP contribution in [-0.2, 0) is 22.4 Å². The predicted molar refractivity (Wildman–Crippen MR) is 88.4 cm³/mol. The van der Waals surface area contributed by atoms with Gasteiger partial charge in [0.15, 0.2) is 0 Å². The maximum absolute atomic E-state index is 12.5. The minimum atomic E-state index is 0.0396. The number of aryl methyl sites for hydroxylation is 2. The highest BCUT2D eigenvalue weighted by Crippen LogP contribution is 2.24. The van der Waals surface area contributed by atoms with Crippen LogP contribution in [0.5, 0.6) is 0 Å². The predicted octanol–water partition coefficient (Wildman–Crippen LogP) is 2.03. The SMILES string of the molecule is CO[C@H]1CN(C(=O)CCc2cccnc2)C[C@H]1Cc1cc(C)no1. The summed E-state index contributed by atoms with van der Waals surface area (Å²) in [6.07, 6.45) is 5.54. The van der Waals surface area contributed by atoms with Crippen LogP contribution in [0.2, 0.25) is 0 Å². The minimum Gasteiger partial charge on any atom is -0.379 e. The molecule has 6 heteroatoms. The average molecular weight is 329 g/mol. The zero-order valence-electron chi connectivity index (χ0n) is 14.1. The summed E-state index contributed by atoms with van der Waals surface area (Å²) in [5.74, 6) is 1.26. The maximum atomic E-state index is 12.5. The summed E-state index contributed by atoms with van der Waals surface area (Å²) < 4.78 is 10.9. The molecule has 0 aromatic carbocycles. The second-order valence-corrected chi connectivity index (χ2v) is 6.33. The number of amides is 1. The molecular weight excluding hydrogens is 306 g/mol. The molecule has 0 aliphatic carbocycles. The number of nitrogens with zero attached hydrogens (tertiary/aromatic N) is 3. The van der Waals surface area contributed by atoms with Gasteiger partial charge in [0.25, 0.3) is 0 Å². The van der Waals surface area contributed by atoms with Crippen LogP contribution < -0.4 is 0 Å². The molecular formula is C18H23N3O3. The Hall–Kier alpha value is -2.21. The molecule has 128 valence electrons. The fourth-order valence-electron chi connectivity index (χ4n) is 3.23. The summed E-state index contributed by atoms with van der Waals surface area (Å²) in [6, 6.07) is 5.84. The zero-order chi connectivity index (χ0) is 16.9. The first-order valence-electron chi connectivity index (χ1n) is 8.27. The van der Waals surface area contributed by atoms with E-state index in [4.69, 9.17) is 9.26 Å². The van der Waals surface area contributed by atoms with Crippen LogP contribution in [0.1, 0.15) is 23.4 Å². The van der Waals surface area contributed by atoms with Crippen LogP contribution in [-0.4, -0.2) is 47.3 Å². The van der Waals surface area contributed by atoms with E-state index < -0.39 is 0 Å². The highest BCUT2D eigenvalue weighted by molar-refractivity contribution is 5.76. The molecule has 1 aliphatic heterocycles. The first-order chi connectivity index (χ1) is 11.7. The van der Waals surface area contributed by atoms with E-state index in [0.29, 0.717) is 25.9 Å². The van der Waals surface area contributed by atoms with Gasteiger partial charge in [0, 0.05) is 57.4 Å². The van der Waals surface area contributed by atoms with Crippen LogP contribution in [0, 0.1) is 12.8 Å². The fraction of sp³-hybridized carbons (Fsp3) is 0.500. The number of hydrogen-bond acceptors (Lipinski definition) is 5. The largest absolute Gasteiger partial charge is 0.379 e. The highest BCUT2D eigenvalue weighted by Gasteiger charge is 2.35. The number of hydrogen-bond donors (Lipinski definition) is 0. The topological polar surface area (TPSA) is 68.5 Å². The number of carbonyl (C=O) groups excluding carboxylic acids is 1. The molecule has 3 rings (SSSR count). The number of rotatable bonds is 6. The van der Waals surface area contributed by atoms with E-state index in [1.807, 2.05) is 36.2 Å². The summed E-state index contributed by atoms with van der Waals surface area (Å²) >= 11 is 0. The van der Waals surface area contributed by atoms with E-state index in [-0.39, 0.29) is 17.9 Å². The highest BCUT2D eigenvalue weighted by atomic mass is 16.5. The third-order valence-electron chi connectivity index (χ3n) is 4.53. The number of carbonyl (C=O) groups is 1. The lowest BCUT2D eigenvalue weighted by Gasteiger charge is -2.15. The Bertz CT molecular complexity index is 671. The molecule has 0 saturated carbocycles. The van der Waals surface area contributed by atoms with Crippen molar-refractivity contribution in [3.63, 3.8) is 0 Å². The van der Waals surface area contributed by atoms with Gasteiger partial charge in [0.05, 0.1) is 11.8 Å². The summed E-state index contributed by atoms with van der Waals surface area (Å²) in [5.41, 5.74) is 1.96. The Kier molecular flexibility index (Phi) is 5.25. The Morgan fingerprint density at radius 2 is 2.33 bits per heavy atom. The molecule has 2 aromatic rings. The monoisotopic (exact) mass is 329 g/mol. The van der Waals surface area contributed by atoms with Gasteiger partial charge in [-0.25, -0.2) is 0 Å². The lowest BCUT2D eigenvalue weighted by atomic mass is 10.0. The van der Waals surface area contributed by atoms with E-state index in [9.17, 15) is 4.79 Å². The second kappa shape index (κ2) is 7.57. The summed E-state index contributed by atoms with van der Waals surface area (Å²) in [7, 11) is 1.70. The summed E-state index contributed by atoms with van der Waals surface area (Å²) in [5, 5.41) is 3.92. The van der Waals surface area contributed by atoms with Crippen LogP contribution in [0.15, 0.2) is 35.1 Å². The second-order valence-electron chi connectivity index (χ2n) is 6.33. The molecule has 0 unspecified atom stereocenters. The third kappa shape index (κ3) is 4.00. The Labute approximate surface area is 141 Å². The molecule has 0 N–H and O–H groups in total. The minimum absolute atomic E-state index is 0.0396. The molecule has 24 heavy (non-hydrogen) atoms. The van der Waals surface area contributed by atoms with Crippen LogP contribution in [0.4, 0.5) is 0 Å². The molecule has 0 bridgehead atoms. The molecule has 2 aromatic heterocycles. The van der Waals surface area contributed by atoms with E-state index in [1.54, 1.807) is 13.3 Å². The number of likely N-dealkylation sites (tertiary alicyclic amines) is 1. The van der Waals surface area contributed by atoms with E-state index in [0.717, 1.165) is 23.4 Å². The normalized spacial score (nSPS) is 20.5. The zero-order valence-corrected chi connectivity index (χ0v) is 14.1. The molecule has 0 radical (unpaired) electrons. The van der Waals surface area contributed by atoms with Crippen LogP contribution in [0.25, 0.3) is 0 Å². The van der Waals surface area contributed by atoms with E-state index in [1.165, 1.54) is 0 Å². The van der Waals surface area contributed by atoms with Gasteiger partial charge in [0.2, 0.25) is 5.91 Å². The number of ether oxygens (including phenoxy) is 1. The average Bonchev–Trinajstić information content (AvgIpc) is 3.20. The van der Waals surface area contributed by atoms with Crippen molar-refractivity contribution in [2.24, 2.45) is 5.92 Å². The number of aromatic nitrogens is 2. The molecule has 1 amide bonds. The van der Waals surface area contributed by atoms with Crippen molar-refractivity contribution < 1.29 is 14.1 Å². The Morgan fingerprint density at radius 3 is 3.00 bits per heavy atom. The van der Waals surface area contributed by atoms with E-state index in [2.05, 4.69) is 10.1 Å². The fourth-order valence-corrected chi connectivity index (χ4v) is 3.23. The standard InChI is InChI=1S/C18H23N3O3/c1-13-8-16(24-20-13)9-15-11-21(12-17(15)23-2)18(22)6-5-14-4-3-7-19-10-14/h3-4,7-8,10,15,17H,5-6,9,11-12H2,1-2H3/t15-,17+/m1/s1. The van der Waals surface area contributed by atoms with Gasteiger partial charge in [-0.1, -0.05) is 11.2 Å². The molecule has 2 atom stereocenters. The Morgan fingerprint density at radius 1 is 1.46 bits per heavy atom. The third-order valence-corrected chi connectivity index (χ3v) is 4.53. The molecule has 6 nitrogen and oxygen atoms in total. The van der Waals surface area contributed by atoms with Crippen LogP contribution in [0.3, 0.4) is 0 Å². The molecule has 1 aliphatic rings. The first-order valence-corrected chi connectivity index (χ1v) is 8.27. The van der Waals surface area contributed by atoms with Gasteiger partial charge in [-0.3, -0.25) is 9.78 Å². The number of methoxy groups -OCH3 is 1. The van der Waals surface area contributed by atoms with Crippen LogP contribution >= 0.6 is 0 Å². The van der Waals surface area contributed by atoms with Gasteiger partial charge in [0.1, 0.15) is 5.76 Å². The lowest BCUT2D eigenvalue weighted by Crippen LogP contribution is -2.30. The maximum Gasteiger partial charge on any atom is 0.223 e.